The molecule has 3 heteroatoms. The summed E-state index contributed by atoms with van der Waals surface area (Å²) in [6.45, 7) is 6.70. The van der Waals surface area contributed by atoms with Crippen LogP contribution in [-0.2, 0) is 7.05 Å². The summed E-state index contributed by atoms with van der Waals surface area (Å²) >= 11 is 0. The van der Waals surface area contributed by atoms with E-state index in [4.69, 9.17) is 0 Å². The SMILES string of the molecule is CCCNCC1CC1c1cnn(C)c1C. The molecular formula is C12H21N3. The van der Waals surface area contributed by atoms with E-state index < -0.39 is 0 Å². The van der Waals surface area contributed by atoms with Crippen LogP contribution in [0.25, 0.3) is 0 Å². The summed E-state index contributed by atoms with van der Waals surface area (Å²) < 4.78 is 1.98. The molecule has 1 aliphatic carbocycles. The zero-order chi connectivity index (χ0) is 10.8. The first-order valence-electron chi connectivity index (χ1n) is 5.93. The molecule has 0 bridgehead atoms. The van der Waals surface area contributed by atoms with Gasteiger partial charge in [0.1, 0.15) is 0 Å². The average Bonchev–Trinajstić information content (AvgIpc) is 2.90. The largest absolute Gasteiger partial charge is 0.316 e. The lowest BCUT2D eigenvalue weighted by atomic mass is 10.1. The molecule has 1 aliphatic rings. The highest BCUT2D eigenvalue weighted by Crippen LogP contribution is 2.47. The number of aromatic nitrogens is 2. The first-order valence-corrected chi connectivity index (χ1v) is 5.93. The van der Waals surface area contributed by atoms with E-state index in [0.717, 1.165) is 18.4 Å². The minimum absolute atomic E-state index is 0.767. The fourth-order valence-electron chi connectivity index (χ4n) is 2.20. The lowest BCUT2D eigenvalue weighted by Gasteiger charge is -2.02. The van der Waals surface area contributed by atoms with Crippen LogP contribution < -0.4 is 5.32 Å². The van der Waals surface area contributed by atoms with Crippen molar-refractivity contribution in [1.29, 1.82) is 0 Å². The van der Waals surface area contributed by atoms with E-state index in [-0.39, 0.29) is 0 Å². The van der Waals surface area contributed by atoms with Crippen LogP contribution in [0.3, 0.4) is 0 Å². The van der Waals surface area contributed by atoms with Gasteiger partial charge in [0.25, 0.3) is 0 Å². The fraction of sp³-hybridized carbons (Fsp3) is 0.750. The Labute approximate surface area is 91.9 Å². The van der Waals surface area contributed by atoms with Crippen LogP contribution in [0, 0.1) is 12.8 Å². The highest BCUT2D eigenvalue weighted by Gasteiger charge is 2.39. The van der Waals surface area contributed by atoms with E-state index in [0.29, 0.717) is 0 Å². The molecule has 0 aromatic carbocycles. The maximum atomic E-state index is 4.30. The number of hydrogen-bond acceptors (Lipinski definition) is 2. The molecule has 1 saturated carbocycles. The smallest absolute Gasteiger partial charge is 0.0527 e. The molecule has 0 spiro atoms. The Hall–Kier alpha value is -0.830. The van der Waals surface area contributed by atoms with E-state index in [2.05, 4.69) is 24.3 Å². The van der Waals surface area contributed by atoms with Gasteiger partial charge in [-0.25, -0.2) is 0 Å². The standard InChI is InChI=1S/C12H21N3/c1-4-5-13-7-10-6-11(10)12-8-14-15(3)9(12)2/h8,10-11,13H,4-7H2,1-3H3. The number of nitrogens with zero attached hydrogens (tertiary/aromatic N) is 2. The predicted molar refractivity (Wildman–Crippen MR) is 62.0 cm³/mol. The van der Waals surface area contributed by atoms with Gasteiger partial charge in [0, 0.05) is 12.7 Å². The van der Waals surface area contributed by atoms with Crippen LogP contribution in [0.1, 0.15) is 36.9 Å². The highest BCUT2D eigenvalue weighted by molar-refractivity contribution is 5.27. The van der Waals surface area contributed by atoms with Gasteiger partial charge in [-0.05, 0) is 50.3 Å². The lowest BCUT2D eigenvalue weighted by molar-refractivity contribution is 0.619. The summed E-state index contributed by atoms with van der Waals surface area (Å²) in [5.74, 6) is 1.61. The summed E-state index contributed by atoms with van der Waals surface area (Å²) in [7, 11) is 2.02. The van der Waals surface area contributed by atoms with Crippen molar-refractivity contribution in [2.75, 3.05) is 13.1 Å². The van der Waals surface area contributed by atoms with Gasteiger partial charge in [0.05, 0.1) is 6.20 Å². The first kappa shape index (κ1) is 10.7. The van der Waals surface area contributed by atoms with E-state index in [9.17, 15) is 0 Å². The van der Waals surface area contributed by atoms with Gasteiger partial charge in [-0.15, -0.1) is 0 Å². The summed E-state index contributed by atoms with van der Waals surface area (Å²) in [4.78, 5) is 0. The molecule has 1 N–H and O–H groups in total. The Balaban J connectivity index is 1.85. The van der Waals surface area contributed by atoms with Crippen LogP contribution in [0.2, 0.25) is 0 Å². The molecular weight excluding hydrogens is 186 g/mol. The van der Waals surface area contributed by atoms with E-state index >= 15 is 0 Å². The molecule has 2 rings (SSSR count). The second-order valence-electron chi connectivity index (χ2n) is 4.62. The van der Waals surface area contributed by atoms with Crippen LogP contribution in [0.4, 0.5) is 0 Å². The highest BCUT2D eigenvalue weighted by atomic mass is 15.3. The lowest BCUT2D eigenvalue weighted by Crippen LogP contribution is -2.17. The van der Waals surface area contributed by atoms with Crippen molar-refractivity contribution in [2.24, 2.45) is 13.0 Å². The molecule has 1 aromatic rings. The van der Waals surface area contributed by atoms with E-state index in [1.54, 1.807) is 0 Å². The number of rotatable bonds is 5. The van der Waals surface area contributed by atoms with Crippen LogP contribution >= 0.6 is 0 Å². The topological polar surface area (TPSA) is 29.9 Å². The summed E-state index contributed by atoms with van der Waals surface area (Å²) in [6.07, 6.45) is 4.60. The summed E-state index contributed by atoms with van der Waals surface area (Å²) in [5.41, 5.74) is 2.79. The molecule has 1 heterocycles. The number of nitrogens with one attached hydrogen (secondary N) is 1. The fourth-order valence-corrected chi connectivity index (χ4v) is 2.20. The zero-order valence-corrected chi connectivity index (χ0v) is 9.95. The molecule has 0 amide bonds. The van der Waals surface area contributed by atoms with E-state index in [1.807, 2.05) is 17.9 Å². The van der Waals surface area contributed by atoms with Gasteiger partial charge in [-0.2, -0.15) is 5.10 Å². The second kappa shape index (κ2) is 4.35. The Kier molecular flexibility index (Phi) is 3.10. The minimum Gasteiger partial charge on any atom is -0.316 e. The van der Waals surface area contributed by atoms with Gasteiger partial charge < -0.3 is 5.32 Å². The quantitative estimate of drug-likeness (QED) is 0.747. The number of aryl methyl sites for hydroxylation is 1. The molecule has 2 unspecified atom stereocenters. The van der Waals surface area contributed by atoms with Gasteiger partial charge in [0.15, 0.2) is 0 Å². The first-order chi connectivity index (χ1) is 7.24. The summed E-state index contributed by atoms with van der Waals surface area (Å²) in [6, 6.07) is 0. The van der Waals surface area contributed by atoms with Crippen molar-refractivity contribution >= 4 is 0 Å². The molecule has 0 saturated heterocycles. The van der Waals surface area contributed by atoms with Gasteiger partial charge in [0.2, 0.25) is 0 Å². The molecule has 2 atom stereocenters. The summed E-state index contributed by atoms with van der Waals surface area (Å²) in [5, 5.41) is 7.80. The number of hydrogen-bond donors (Lipinski definition) is 1. The van der Waals surface area contributed by atoms with Crippen molar-refractivity contribution in [1.82, 2.24) is 15.1 Å². The maximum Gasteiger partial charge on any atom is 0.0527 e. The van der Waals surface area contributed by atoms with Crippen LogP contribution in [0.5, 0.6) is 0 Å². The predicted octanol–water partition coefficient (Wildman–Crippen LogP) is 1.83. The monoisotopic (exact) mass is 207 g/mol. The van der Waals surface area contributed by atoms with Gasteiger partial charge in [-0.1, -0.05) is 6.92 Å². The Bertz CT molecular complexity index is 330. The molecule has 0 radical (unpaired) electrons. The average molecular weight is 207 g/mol. The molecule has 84 valence electrons. The molecule has 1 aromatic heterocycles. The minimum atomic E-state index is 0.767. The maximum absolute atomic E-state index is 4.30. The van der Waals surface area contributed by atoms with Crippen LogP contribution in [0.15, 0.2) is 6.20 Å². The third-order valence-corrected chi connectivity index (χ3v) is 3.43. The third kappa shape index (κ3) is 2.23. The van der Waals surface area contributed by atoms with Gasteiger partial charge >= 0.3 is 0 Å². The molecule has 1 fully saturated rings. The third-order valence-electron chi connectivity index (χ3n) is 3.43. The second-order valence-corrected chi connectivity index (χ2v) is 4.62. The molecule has 15 heavy (non-hydrogen) atoms. The Morgan fingerprint density at radius 3 is 3.00 bits per heavy atom. The Morgan fingerprint density at radius 1 is 1.60 bits per heavy atom. The van der Waals surface area contributed by atoms with Crippen molar-refractivity contribution in [2.45, 2.75) is 32.6 Å². The van der Waals surface area contributed by atoms with Gasteiger partial charge in [-0.3, -0.25) is 4.68 Å². The van der Waals surface area contributed by atoms with Crippen molar-refractivity contribution in [3.63, 3.8) is 0 Å². The van der Waals surface area contributed by atoms with Crippen molar-refractivity contribution in [3.05, 3.63) is 17.5 Å². The van der Waals surface area contributed by atoms with Crippen molar-refractivity contribution < 1.29 is 0 Å². The molecule has 3 nitrogen and oxygen atoms in total. The normalized spacial score (nSPS) is 24.5. The molecule has 0 aliphatic heterocycles. The van der Waals surface area contributed by atoms with Crippen LogP contribution in [-0.4, -0.2) is 22.9 Å². The van der Waals surface area contributed by atoms with E-state index in [1.165, 1.54) is 30.6 Å². The Morgan fingerprint density at radius 2 is 2.40 bits per heavy atom. The zero-order valence-electron chi connectivity index (χ0n) is 9.95. The van der Waals surface area contributed by atoms with Crippen molar-refractivity contribution in [3.8, 4) is 0 Å².